The van der Waals surface area contributed by atoms with Crippen LogP contribution in [-0.4, -0.2) is 11.5 Å². The van der Waals surface area contributed by atoms with Gasteiger partial charge in [-0.05, 0) is 24.2 Å². The summed E-state index contributed by atoms with van der Waals surface area (Å²) in [7, 11) is 0. The number of aromatic nitrogens is 1. The molecule has 0 spiro atoms. The minimum Gasteiger partial charge on any atom is -0.488 e. The van der Waals surface area contributed by atoms with Crippen LogP contribution in [0, 0.1) is 0 Å². The van der Waals surface area contributed by atoms with E-state index in [1.165, 1.54) is 5.56 Å². The molecule has 17 heavy (non-hydrogen) atoms. The van der Waals surface area contributed by atoms with Crippen LogP contribution in [0.1, 0.15) is 17.4 Å². The number of hydrogen-bond donors (Lipinski definition) is 1. The molecule has 0 aliphatic carbocycles. The minimum absolute atomic E-state index is 0.594. The molecule has 0 bridgehead atoms. The van der Waals surface area contributed by atoms with Gasteiger partial charge in [-0.2, -0.15) is 0 Å². The quantitative estimate of drug-likeness (QED) is 0.853. The molecule has 4 heteroatoms. The molecule has 0 amide bonds. The van der Waals surface area contributed by atoms with Crippen LogP contribution in [-0.2, 0) is 13.2 Å². The SMILES string of the molecule is CCNCc1ccc(OCc2cncs2)cc1. The maximum atomic E-state index is 5.66. The third-order valence-electron chi connectivity index (χ3n) is 2.37. The average molecular weight is 248 g/mol. The van der Waals surface area contributed by atoms with Gasteiger partial charge in [0.1, 0.15) is 12.4 Å². The van der Waals surface area contributed by atoms with Gasteiger partial charge in [-0.25, -0.2) is 0 Å². The number of ether oxygens (including phenoxy) is 1. The zero-order valence-electron chi connectivity index (χ0n) is 9.85. The van der Waals surface area contributed by atoms with Crippen molar-refractivity contribution in [3.8, 4) is 5.75 Å². The molecule has 3 nitrogen and oxygen atoms in total. The van der Waals surface area contributed by atoms with E-state index in [9.17, 15) is 0 Å². The lowest BCUT2D eigenvalue weighted by atomic mass is 10.2. The van der Waals surface area contributed by atoms with Crippen LogP contribution in [0.2, 0.25) is 0 Å². The molecule has 0 fully saturated rings. The van der Waals surface area contributed by atoms with Crippen LogP contribution in [0.4, 0.5) is 0 Å². The van der Waals surface area contributed by atoms with E-state index in [1.54, 1.807) is 11.3 Å². The van der Waals surface area contributed by atoms with Crippen LogP contribution in [0.3, 0.4) is 0 Å². The number of benzene rings is 1. The molecule has 2 aromatic rings. The molecule has 1 N–H and O–H groups in total. The summed E-state index contributed by atoms with van der Waals surface area (Å²) < 4.78 is 5.66. The number of nitrogens with one attached hydrogen (secondary N) is 1. The molecule has 1 aromatic carbocycles. The van der Waals surface area contributed by atoms with E-state index in [1.807, 2.05) is 23.8 Å². The van der Waals surface area contributed by atoms with E-state index in [-0.39, 0.29) is 0 Å². The van der Waals surface area contributed by atoms with Gasteiger partial charge in [0.05, 0.1) is 10.4 Å². The molecule has 0 aliphatic heterocycles. The number of nitrogens with zero attached hydrogens (tertiary/aromatic N) is 1. The standard InChI is InChI=1S/C13H16N2OS/c1-2-14-7-11-3-5-12(6-4-11)16-9-13-8-15-10-17-13/h3-6,8,10,14H,2,7,9H2,1H3. The highest BCUT2D eigenvalue weighted by Crippen LogP contribution is 2.15. The lowest BCUT2D eigenvalue weighted by molar-refractivity contribution is 0.309. The largest absolute Gasteiger partial charge is 0.488 e. The van der Waals surface area contributed by atoms with E-state index in [0.717, 1.165) is 23.7 Å². The summed E-state index contributed by atoms with van der Waals surface area (Å²) in [5.41, 5.74) is 3.09. The normalized spacial score (nSPS) is 10.4. The van der Waals surface area contributed by atoms with Crippen LogP contribution < -0.4 is 10.1 Å². The van der Waals surface area contributed by atoms with Gasteiger partial charge in [-0.15, -0.1) is 11.3 Å². The van der Waals surface area contributed by atoms with Crippen molar-refractivity contribution < 1.29 is 4.74 Å². The predicted molar refractivity (Wildman–Crippen MR) is 70.3 cm³/mol. The number of thiazole rings is 1. The first-order chi connectivity index (χ1) is 8.38. The zero-order chi connectivity index (χ0) is 11.9. The Morgan fingerprint density at radius 3 is 2.76 bits per heavy atom. The maximum Gasteiger partial charge on any atom is 0.124 e. The maximum absolute atomic E-state index is 5.66. The number of rotatable bonds is 6. The van der Waals surface area contributed by atoms with Gasteiger partial charge >= 0.3 is 0 Å². The highest BCUT2D eigenvalue weighted by atomic mass is 32.1. The fourth-order valence-electron chi connectivity index (χ4n) is 1.44. The van der Waals surface area contributed by atoms with Gasteiger partial charge in [0.25, 0.3) is 0 Å². The summed E-state index contributed by atoms with van der Waals surface area (Å²) in [4.78, 5) is 5.15. The minimum atomic E-state index is 0.594. The highest BCUT2D eigenvalue weighted by Gasteiger charge is 1.98. The van der Waals surface area contributed by atoms with Crippen molar-refractivity contribution in [1.82, 2.24) is 10.3 Å². The van der Waals surface area contributed by atoms with Crippen molar-refractivity contribution in [2.24, 2.45) is 0 Å². The van der Waals surface area contributed by atoms with Gasteiger partial charge in [0.2, 0.25) is 0 Å². The fourth-order valence-corrected chi connectivity index (χ4v) is 1.95. The van der Waals surface area contributed by atoms with Crippen molar-refractivity contribution >= 4 is 11.3 Å². The second kappa shape index (κ2) is 6.37. The van der Waals surface area contributed by atoms with E-state index in [2.05, 4.69) is 29.4 Å². The summed E-state index contributed by atoms with van der Waals surface area (Å²) >= 11 is 1.61. The predicted octanol–water partition coefficient (Wildman–Crippen LogP) is 2.83. The monoisotopic (exact) mass is 248 g/mol. The molecular weight excluding hydrogens is 232 g/mol. The topological polar surface area (TPSA) is 34.1 Å². The third kappa shape index (κ3) is 3.84. The van der Waals surface area contributed by atoms with Crippen LogP contribution in [0.15, 0.2) is 36.0 Å². The Balaban J connectivity index is 1.85. The van der Waals surface area contributed by atoms with Crippen molar-refractivity contribution in [3.63, 3.8) is 0 Å². The van der Waals surface area contributed by atoms with Crippen molar-refractivity contribution in [2.45, 2.75) is 20.1 Å². The molecule has 0 radical (unpaired) electrons. The Labute approximate surface area is 105 Å². The smallest absolute Gasteiger partial charge is 0.124 e. The second-order valence-electron chi connectivity index (χ2n) is 3.68. The second-order valence-corrected chi connectivity index (χ2v) is 4.65. The molecule has 2 rings (SSSR count). The molecule has 0 atom stereocenters. The Hall–Kier alpha value is -1.39. The van der Waals surface area contributed by atoms with Crippen molar-refractivity contribution in [2.75, 3.05) is 6.54 Å². The van der Waals surface area contributed by atoms with Gasteiger partial charge < -0.3 is 10.1 Å². The van der Waals surface area contributed by atoms with Gasteiger partial charge in [-0.3, -0.25) is 4.98 Å². The Morgan fingerprint density at radius 2 is 2.12 bits per heavy atom. The summed E-state index contributed by atoms with van der Waals surface area (Å²) in [6.07, 6.45) is 1.84. The lowest BCUT2D eigenvalue weighted by Gasteiger charge is -2.06. The molecular formula is C13H16N2OS. The number of hydrogen-bond acceptors (Lipinski definition) is 4. The highest BCUT2D eigenvalue weighted by molar-refractivity contribution is 7.09. The fraction of sp³-hybridized carbons (Fsp3) is 0.308. The van der Waals surface area contributed by atoms with Gasteiger partial charge in [0, 0.05) is 12.7 Å². The van der Waals surface area contributed by atoms with Crippen molar-refractivity contribution in [3.05, 3.63) is 46.4 Å². The third-order valence-corrected chi connectivity index (χ3v) is 3.12. The molecule has 0 aliphatic rings. The zero-order valence-corrected chi connectivity index (χ0v) is 10.7. The Bertz CT molecular complexity index is 425. The van der Waals surface area contributed by atoms with Crippen molar-refractivity contribution in [1.29, 1.82) is 0 Å². The molecule has 0 saturated carbocycles. The van der Waals surface area contributed by atoms with Gasteiger partial charge in [0.15, 0.2) is 0 Å². The van der Waals surface area contributed by atoms with Crippen LogP contribution in [0.5, 0.6) is 5.75 Å². The first kappa shape index (κ1) is 12.1. The van der Waals surface area contributed by atoms with E-state index >= 15 is 0 Å². The first-order valence-corrected chi connectivity index (χ1v) is 6.56. The van der Waals surface area contributed by atoms with E-state index < -0.39 is 0 Å². The first-order valence-electron chi connectivity index (χ1n) is 5.68. The Kier molecular flexibility index (Phi) is 4.53. The van der Waals surface area contributed by atoms with E-state index in [4.69, 9.17) is 4.74 Å². The molecule has 0 saturated heterocycles. The summed E-state index contributed by atoms with van der Waals surface area (Å²) in [5, 5.41) is 3.29. The van der Waals surface area contributed by atoms with Crippen LogP contribution in [0.25, 0.3) is 0 Å². The summed E-state index contributed by atoms with van der Waals surface area (Å²) in [6, 6.07) is 8.19. The lowest BCUT2D eigenvalue weighted by Crippen LogP contribution is -2.11. The molecule has 1 aromatic heterocycles. The average Bonchev–Trinajstić information content (AvgIpc) is 2.88. The molecule has 1 heterocycles. The molecule has 0 unspecified atom stereocenters. The summed E-state index contributed by atoms with van der Waals surface area (Å²) in [5.74, 6) is 0.902. The molecule has 90 valence electrons. The van der Waals surface area contributed by atoms with E-state index in [0.29, 0.717) is 6.61 Å². The van der Waals surface area contributed by atoms with Crippen LogP contribution >= 0.6 is 11.3 Å². The summed E-state index contributed by atoms with van der Waals surface area (Å²) in [6.45, 7) is 4.60. The Morgan fingerprint density at radius 1 is 1.29 bits per heavy atom. The van der Waals surface area contributed by atoms with Gasteiger partial charge in [-0.1, -0.05) is 19.1 Å².